The summed E-state index contributed by atoms with van der Waals surface area (Å²) in [5.74, 6) is -0.340. The van der Waals surface area contributed by atoms with Crippen molar-refractivity contribution in [3.63, 3.8) is 0 Å². The molecule has 2 aromatic carbocycles. The molecule has 2 N–H and O–H groups in total. The zero-order chi connectivity index (χ0) is 18.7. The number of nitrogens with one attached hydrogen (secondary N) is 2. The van der Waals surface area contributed by atoms with Crippen LogP contribution in [0.1, 0.15) is 15.4 Å². The zero-order valence-electron chi connectivity index (χ0n) is 13.6. The molecule has 0 aliphatic rings. The van der Waals surface area contributed by atoms with E-state index in [1.165, 1.54) is 12.1 Å². The van der Waals surface area contributed by atoms with Gasteiger partial charge in [0, 0.05) is 10.2 Å². The molecule has 0 saturated carbocycles. The number of aryl methyl sites for hydroxylation is 1. The molecule has 0 bridgehead atoms. The van der Waals surface area contributed by atoms with Crippen LogP contribution >= 0.6 is 27.3 Å². The average Bonchev–Trinajstić information content (AvgIpc) is 2.97. The summed E-state index contributed by atoms with van der Waals surface area (Å²) in [5.41, 5.74) is 1.09. The summed E-state index contributed by atoms with van der Waals surface area (Å²) in [6.07, 6.45) is 0. The molecular weight excluding hydrogens is 438 g/mol. The normalized spacial score (nSPS) is 11.2. The van der Waals surface area contributed by atoms with Gasteiger partial charge in [0.1, 0.15) is 4.88 Å². The quantitative estimate of drug-likeness (QED) is 0.606. The number of amides is 1. The van der Waals surface area contributed by atoms with E-state index in [1.807, 2.05) is 12.1 Å². The summed E-state index contributed by atoms with van der Waals surface area (Å²) in [7, 11) is -3.75. The zero-order valence-corrected chi connectivity index (χ0v) is 16.8. The Kier molecular flexibility index (Phi) is 5.40. The number of aromatic nitrogens is 1. The molecule has 0 aliphatic carbocycles. The highest BCUT2D eigenvalue weighted by molar-refractivity contribution is 9.10. The van der Waals surface area contributed by atoms with Crippen LogP contribution < -0.4 is 10.0 Å². The van der Waals surface area contributed by atoms with Crippen molar-refractivity contribution in [1.29, 1.82) is 0 Å². The standard InChI is InChI=1S/C17H14BrN3O3S2/c1-11-15(16(22)20-13-9-7-12(18)8-10-13)25-17(19-11)21-26(23,24)14-5-3-2-4-6-14/h2-10H,1H3,(H,19,21)(H,20,22). The molecule has 0 spiro atoms. The second-order valence-electron chi connectivity index (χ2n) is 5.31. The topological polar surface area (TPSA) is 88.2 Å². The first-order chi connectivity index (χ1) is 12.3. The molecule has 3 rings (SSSR count). The third-order valence-electron chi connectivity index (χ3n) is 3.38. The number of sulfonamides is 1. The van der Waals surface area contributed by atoms with E-state index in [0.717, 1.165) is 15.8 Å². The van der Waals surface area contributed by atoms with Crippen molar-refractivity contribution in [2.75, 3.05) is 10.0 Å². The van der Waals surface area contributed by atoms with Crippen molar-refractivity contribution in [1.82, 2.24) is 4.98 Å². The first-order valence-electron chi connectivity index (χ1n) is 7.47. The molecule has 134 valence electrons. The Balaban J connectivity index is 1.78. The van der Waals surface area contributed by atoms with E-state index in [9.17, 15) is 13.2 Å². The number of nitrogens with zero attached hydrogens (tertiary/aromatic N) is 1. The van der Waals surface area contributed by atoms with Crippen molar-refractivity contribution >= 4 is 54.0 Å². The van der Waals surface area contributed by atoms with Gasteiger partial charge >= 0.3 is 0 Å². The number of hydrogen-bond acceptors (Lipinski definition) is 5. The van der Waals surface area contributed by atoms with Gasteiger partial charge in [-0.1, -0.05) is 45.5 Å². The predicted molar refractivity (Wildman–Crippen MR) is 106 cm³/mol. The molecule has 1 aromatic heterocycles. The molecule has 1 amide bonds. The summed E-state index contributed by atoms with van der Waals surface area (Å²) in [5, 5.41) is 2.91. The van der Waals surface area contributed by atoms with Crippen LogP contribution in [0.15, 0.2) is 64.0 Å². The van der Waals surface area contributed by atoms with Crippen LogP contribution in [-0.4, -0.2) is 19.3 Å². The summed E-state index contributed by atoms with van der Waals surface area (Å²) < 4.78 is 28.1. The lowest BCUT2D eigenvalue weighted by Gasteiger charge is -2.04. The van der Waals surface area contributed by atoms with Gasteiger partial charge in [-0.3, -0.25) is 9.52 Å². The number of halogens is 1. The maximum absolute atomic E-state index is 12.4. The van der Waals surface area contributed by atoms with Gasteiger partial charge < -0.3 is 5.32 Å². The molecule has 26 heavy (non-hydrogen) atoms. The minimum atomic E-state index is -3.75. The van der Waals surface area contributed by atoms with Gasteiger partial charge in [-0.2, -0.15) is 0 Å². The smallest absolute Gasteiger partial charge is 0.267 e. The number of thiazole rings is 1. The van der Waals surface area contributed by atoms with Crippen molar-refractivity contribution < 1.29 is 13.2 Å². The molecule has 6 nitrogen and oxygen atoms in total. The maximum Gasteiger partial charge on any atom is 0.267 e. The largest absolute Gasteiger partial charge is 0.321 e. The Hall–Kier alpha value is -2.23. The highest BCUT2D eigenvalue weighted by Gasteiger charge is 2.20. The first-order valence-corrected chi connectivity index (χ1v) is 10.6. The maximum atomic E-state index is 12.4. The fourth-order valence-corrected chi connectivity index (χ4v) is 4.53. The van der Waals surface area contributed by atoms with E-state index < -0.39 is 10.0 Å². The molecule has 0 unspecified atom stereocenters. The first kappa shape index (κ1) is 18.6. The summed E-state index contributed by atoms with van der Waals surface area (Å²) >= 11 is 4.32. The van der Waals surface area contributed by atoms with Crippen molar-refractivity contribution in [3.8, 4) is 0 Å². The molecule has 9 heteroatoms. The number of benzene rings is 2. The van der Waals surface area contributed by atoms with Crippen LogP contribution in [0.25, 0.3) is 0 Å². The minimum absolute atomic E-state index is 0.133. The monoisotopic (exact) mass is 451 g/mol. The minimum Gasteiger partial charge on any atom is -0.321 e. The lowest BCUT2D eigenvalue weighted by atomic mass is 10.3. The SMILES string of the molecule is Cc1nc(NS(=O)(=O)c2ccccc2)sc1C(=O)Nc1ccc(Br)cc1. The fraction of sp³-hybridized carbons (Fsp3) is 0.0588. The Morgan fingerprint density at radius 1 is 1.08 bits per heavy atom. The van der Waals surface area contributed by atoms with Crippen molar-refractivity contribution in [2.24, 2.45) is 0 Å². The average molecular weight is 452 g/mol. The third kappa shape index (κ3) is 4.29. The van der Waals surface area contributed by atoms with E-state index in [-0.39, 0.29) is 15.9 Å². The van der Waals surface area contributed by atoms with Gasteiger partial charge in [-0.25, -0.2) is 13.4 Å². The van der Waals surface area contributed by atoms with Gasteiger partial charge in [-0.05, 0) is 43.3 Å². The highest BCUT2D eigenvalue weighted by Crippen LogP contribution is 2.26. The van der Waals surface area contributed by atoms with Gasteiger partial charge in [0.05, 0.1) is 10.6 Å². The second kappa shape index (κ2) is 7.56. The van der Waals surface area contributed by atoms with Gasteiger partial charge in [-0.15, -0.1) is 0 Å². The molecule has 0 saturated heterocycles. The van der Waals surface area contributed by atoms with Crippen LogP contribution in [0.2, 0.25) is 0 Å². The number of carbonyl (C=O) groups excluding carboxylic acids is 1. The third-order valence-corrected chi connectivity index (χ3v) is 6.46. The van der Waals surface area contributed by atoms with Crippen LogP contribution in [0.4, 0.5) is 10.8 Å². The van der Waals surface area contributed by atoms with Crippen molar-refractivity contribution in [3.05, 3.63) is 69.6 Å². The Labute approximate surface area is 163 Å². The predicted octanol–water partition coefficient (Wildman–Crippen LogP) is 4.27. The summed E-state index contributed by atoms with van der Waals surface area (Å²) in [6.45, 7) is 1.66. The summed E-state index contributed by atoms with van der Waals surface area (Å²) in [6, 6.07) is 15.1. The molecule has 0 fully saturated rings. The number of anilines is 2. The molecule has 3 aromatic rings. The molecule has 0 radical (unpaired) electrons. The highest BCUT2D eigenvalue weighted by atomic mass is 79.9. The van der Waals surface area contributed by atoms with Gasteiger partial charge in [0.2, 0.25) is 0 Å². The van der Waals surface area contributed by atoms with Crippen LogP contribution in [-0.2, 0) is 10.0 Å². The van der Waals surface area contributed by atoms with Crippen LogP contribution in [0.3, 0.4) is 0 Å². The fourth-order valence-electron chi connectivity index (χ4n) is 2.15. The number of hydrogen-bond donors (Lipinski definition) is 2. The van der Waals surface area contributed by atoms with Gasteiger partial charge in [0.25, 0.3) is 15.9 Å². The van der Waals surface area contributed by atoms with E-state index in [1.54, 1.807) is 37.3 Å². The number of carbonyl (C=O) groups is 1. The molecular formula is C17H14BrN3O3S2. The van der Waals surface area contributed by atoms with Gasteiger partial charge in [0.15, 0.2) is 5.13 Å². The lowest BCUT2D eigenvalue weighted by Crippen LogP contribution is -2.12. The van der Waals surface area contributed by atoms with Crippen molar-refractivity contribution in [2.45, 2.75) is 11.8 Å². The van der Waals surface area contributed by atoms with E-state index in [4.69, 9.17) is 0 Å². The second-order valence-corrected chi connectivity index (χ2v) is 8.91. The number of rotatable bonds is 5. The van der Waals surface area contributed by atoms with E-state index in [2.05, 4.69) is 31.0 Å². The molecule has 1 heterocycles. The Bertz CT molecular complexity index is 1030. The van der Waals surface area contributed by atoms with Crippen LogP contribution in [0.5, 0.6) is 0 Å². The van der Waals surface area contributed by atoms with Crippen LogP contribution in [0, 0.1) is 6.92 Å². The molecule has 0 atom stereocenters. The Morgan fingerprint density at radius 2 is 1.73 bits per heavy atom. The Morgan fingerprint density at radius 3 is 2.38 bits per heavy atom. The van der Waals surface area contributed by atoms with E-state index in [0.29, 0.717) is 16.3 Å². The molecule has 0 aliphatic heterocycles. The lowest BCUT2D eigenvalue weighted by molar-refractivity contribution is 0.103. The van der Waals surface area contributed by atoms with E-state index >= 15 is 0 Å². The summed E-state index contributed by atoms with van der Waals surface area (Å²) in [4.78, 5) is 17.1.